The lowest BCUT2D eigenvalue weighted by Crippen LogP contribution is -2.47. The lowest BCUT2D eigenvalue weighted by atomic mass is 9.97. The van der Waals surface area contributed by atoms with Crippen molar-refractivity contribution < 1.29 is 0 Å². The van der Waals surface area contributed by atoms with Crippen LogP contribution in [-0.2, 0) is 12.8 Å². The third-order valence-corrected chi connectivity index (χ3v) is 6.03. The Kier molecular flexibility index (Phi) is 3.95. The summed E-state index contributed by atoms with van der Waals surface area (Å²) >= 11 is 1.82. The zero-order chi connectivity index (χ0) is 15.8. The number of aryl methyl sites for hydroxylation is 2. The first-order valence-corrected chi connectivity index (χ1v) is 9.26. The average molecular weight is 325 g/mol. The number of thiazole rings is 1. The largest absolute Gasteiger partial charge is 0.373 e. The molecule has 1 aliphatic heterocycles. The Hall–Kier alpha value is -1.65. The van der Waals surface area contributed by atoms with Crippen molar-refractivity contribution >= 4 is 11.3 Å². The molecule has 1 fully saturated rings. The van der Waals surface area contributed by atoms with Crippen LogP contribution in [0.5, 0.6) is 0 Å². The van der Waals surface area contributed by atoms with Gasteiger partial charge in [0.15, 0.2) is 0 Å². The van der Waals surface area contributed by atoms with E-state index in [1.165, 1.54) is 27.4 Å². The molecule has 2 aromatic rings. The topological polar surface area (TPSA) is 19.4 Å². The van der Waals surface area contributed by atoms with E-state index in [1.54, 1.807) is 0 Å². The molecule has 3 nitrogen and oxygen atoms in total. The molecular formula is C19H23N3S. The van der Waals surface area contributed by atoms with Crippen molar-refractivity contribution in [1.29, 1.82) is 0 Å². The number of hydrogen-bond acceptors (Lipinski definition) is 4. The predicted molar refractivity (Wildman–Crippen MR) is 95.8 cm³/mol. The van der Waals surface area contributed by atoms with Gasteiger partial charge in [0, 0.05) is 36.8 Å². The van der Waals surface area contributed by atoms with E-state index >= 15 is 0 Å². The monoisotopic (exact) mass is 325 g/mol. The number of hydrogen-bond donors (Lipinski definition) is 0. The number of nitrogens with zero attached hydrogens (tertiary/aromatic N) is 3. The first-order valence-electron chi connectivity index (χ1n) is 8.38. The van der Waals surface area contributed by atoms with Crippen LogP contribution in [0.3, 0.4) is 0 Å². The van der Waals surface area contributed by atoms with Crippen LogP contribution < -0.4 is 0 Å². The fourth-order valence-corrected chi connectivity index (χ4v) is 4.64. The van der Waals surface area contributed by atoms with Gasteiger partial charge in [-0.25, -0.2) is 4.98 Å². The number of fused-ring (bicyclic) bond motifs is 2. The number of aromatic nitrogens is 1. The Morgan fingerprint density at radius 2 is 1.96 bits per heavy atom. The zero-order valence-electron chi connectivity index (χ0n) is 13.7. The highest BCUT2D eigenvalue weighted by atomic mass is 32.1. The Labute approximate surface area is 142 Å². The van der Waals surface area contributed by atoms with Crippen molar-refractivity contribution in [2.45, 2.75) is 25.8 Å². The van der Waals surface area contributed by atoms with Gasteiger partial charge >= 0.3 is 0 Å². The molecule has 23 heavy (non-hydrogen) atoms. The van der Waals surface area contributed by atoms with Crippen molar-refractivity contribution in [3.63, 3.8) is 0 Å². The molecule has 0 amide bonds. The van der Waals surface area contributed by atoms with Crippen LogP contribution in [0.4, 0.5) is 0 Å². The highest BCUT2D eigenvalue weighted by Crippen LogP contribution is 2.37. The van der Waals surface area contributed by atoms with E-state index in [4.69, 9.17) is 4.98 Å². The fourth-order valence-electron chi connectivity index (χ4n) is 3.84. The summed E-state index contributed by atoms with van der Waals surface area (Å²) < 4.78 is 0. The van der Waals surface area contributed by atoms with Gasteiger partial charge in [0.05, 0.1) is 17.2 Å². The van der Waals surface area contributed by atoms with Gasteiger partial charge in [-0.05, 0) is 30.9 Å². The molecule has 120 valence electrons. The van der Waals surface area contributed by atoms with Gasteiger partial charge in [0.2, 0.25) is 0 Å². The normalized spacial score (nSPS) is 21.4. The van der Waals surface area contributed by atoms with Crippen LogP contribution >= 0.6 is 11.3 Å². The lowest BCUT2D eigenvalue weighted by molar-refractivity contribution is 0.130. The molecule has 0 radical (unpaired) electrons. The minimum absolute atomic E-state index is 0.322. The first-order chi connectivity index (χ1) is 11.2. The molecule has 1 aliphatic carbocycles. The number of benzene rings is 1. The van der Waals surface area contributed by atoms with E-state index in [2.05, 4.69) is 47.6 Å². The van der Waals surface area contributed by atoms with Gasteiger partial charge in [-0.2, -0.15) is 0 Å². The van der Waals surface area contributed by atoms with Gasteiger partial charge in [-0.15, -0.1) is 11.3 Å². The van der Waals surface area contributed by atoms with Gasteiger partial charge < -0.3 is 4.90 Å². The van der Waals surface area contributed by atoms with E-state index in [0.29, 0.717) is 6.04 Å². The smallest absolute Gasteiger partial charge is 0.0798 e. The second kappa shape index (κ2) is 6.10. The Bertz CT molecular complexity index is 713. The molecule has 0 saturated carbocycles. The second-order valence-electron chi connectivity index (χ2n) is 6.52. The maximum Gasteiger partial charge on any atom is 0.0798 e. The third-order valence-electron chi connectivity index (χ3n) is 5.12. The van der Waals surface area contributed by atoms with Gasteiger partial charge in [-0.3, -0.25) is 4.90 Å². The van der Waals surface area contributed by atoms with Crippen molar-refractivity contribution in [3.8, 4) is 0 Å². The summed E-state index contributed by atoms with van der Waals surface area (Å²) in [5, 5.41) is 0. The van der Waals surface area contributed by atoms with Crippen LogP contribution in [-0.4, -0.2) is 41.0 Å². The maximum atomic E-state index is 4.77. The molecule has 0 bridgehead atoms. The molecule has 2 aliphatic rings. The summed E-state index contributed by atoms with van der Waals surface area (Å²) in [5.74, 6) is 0. The zero-order valence-corrected chi connectivity index (χ0v) is 14.5. The van der Waals surface area contributed by atoms with Gasteiger partial charge in [0.25, 0.3) is 0 Å². The molecule has 0 spiro atoms. The third kappa shape index (κ3) is 2.70. The minimum atomic E-state index is 0.322. The number of piperazine rings is 1. The average Bonchev–Trinajstić information content (AvgIpc) is 2.97. The van der Waals surface area contributed by atoms with Crippen molar-refractivity contribution in [1.82, 2.24) is 14.8 Å². The van der Waals surface area contributed by atoms with E-state index < -0.39 is 0 Å². The van der Waals surface area contributed by atoms with E-state index in [1.807, 2.05) is 16.8 Å². The van der Waals surface area contributed by atoms with Crippen LogP contribution in [0.1, 0.15) is 34.7 Å². The predicted octanol–water partition coefficient (Wildman–Crippen LogP) is 3.48. The quantitative estimate of drug-likeness (QED) is 0.843. The molecule has 4 rings (SSSR count). The molecule has 1 aromatic carbocycles. The first kappa shape index (κ1) is 14.9. The van der Waals surface area contributed by atoms with Crippen molar-refractivity contribution in [2.75, 3.05) is 26.2 Å². The molecule has 1 saturated heterocycles. The molecule has 1 atom stereocenters. The van der Waals surface area contributed by atoms with Crippen LogP contribution in [0.15, 0.2) is 42.1 Å². The highest BCUT2D eigenvalue weighted by Gasteiger charge is 2.32. The van der Waals surface area contributed by atoms with Crippen molar-refractivity contribution in [3.05, 3.63) is 63.7 Å². The number of allylic oxidation sites excluding steroid dienone is 1. The Balaban J connectivity index is 1.70. The summed E-state index contributed by atoms with van der Waals surface area (Å²) in [7, 11) is 0. The lowest BCUT2D eigenvalue weighted by Gasteiger charge is -2.40. The molecule has 2 heterocycles. The van der Waals surface area contributed by atoms with E-state index in [9.17, 15) is 0 Å². The number of rotatable bonds is 2. The summed E-state index contributed by atoms with van der Waals surface area (Å²) in [6.07, 6.45) is 2.26. The van der Waals surface area contributed by atoms with Crippen LogP contribution in [0.25, 0.3) is 0 Å². The maximum absolute atomic E-state index is 4.77. The molecule has 4 heteroatoms. The van der Waals surface area contributed by atoms with Crippen LogP contribution in [0.2, 0.25) is 0 Å². The molecule has 1 aromatic heterocycles. The molecule has 1 unspecified atom stereocenters. The Morgan fingerprint density at radius 3 is 2.74 bits per heavy atom. The fraction of sp³-hybridized carbons (Fsp3) is 0.421. The minimum Gasteiger partial charge on any atom is -0.373 e. The molecular weight excluding hydrogens is 302 g/mol. The standard InChI is InChI=1S/C19H23N3S/c1-14(2)21-9-11-22(12-10-21)19-16-6-4-3-5-15(16)7-8-17-18(19)20-13-23-17/h3-6,13,19H,1,7-12H2,2H3. The second-order valence-corrected chi connectivity index (χ2v) is 7.46. The summed E-state index contributed by atoms with van der Waals surface area (Å²) in [5.41, 5.74) is 7.45. The van der Waals surface area contributed by atoms with Crippen LogP contribution in [0, 0.1) is 0 Å². The van der Waals surface area contributed by atoms with Gasteiger partial charge in [0.1, 0.15) is 0 Å². The van der Waals surface area contributed by atoms with Gasteiger partial charge in [-0.1, -0.05) is 30.8 Å². The Morgan fingerprint density at radius 1 is 1.17 bits per heavy atom. The SMILES string of the molecule is C=C(C)N1CCN(C2c3ccccc3CCc3scnc32)CC1. The summed E-state index contributed by atoms with van der Waals surface area (Å²) in [4.78, 5) is 11.2. The van der Waals surface area contributed by atoms with E-state index in [0.717, 1.165) is 39.0 Å². The van der Waals surface area contributed by atoms with Crippen molar-refractivity contribution in [2.24, 2.45) is 0 Å². The summed E-state index contributed by atoms with van der Waals surface area (Å²) in [6, 6.07) is 9.26. The summed E-state index contributed by atoms with van der Waals surface area (Å²) in [6.45, 7) is 10.5. The highest BCUT2D eigenvalue weighted by molar-refractivity contribution is 7.09. The van der Waals surface area contributed by atoms with E-state index in [-0.39, 0.29) is 0 Å². The molecule has 0 N–H and O–H groups in total.